The van der Waals surface area contributed by atoms with E-state index < -0.39 is 10.1 Å². The Balaban J connectivity index is 0.00000144. The Kier molecular flexibility index (Phi) is 5.60. The normalized spacial score (nSPS) is 10.7. The first-order valence-corrected chi connectivity index (χ1v) is 5.86. The third-order valence-corrected chi connectivity index (χ3v) is 3.92. The van der Waals surface area contributed by atoms with Crippen molar-refractivity contribution < 1.29 is 13.0 Å². The fourth-order valence-corrected chi connectivity index (χ4v) is 1.92. The van der Waals surface area contributed by atoms with Gasteiger partial charge in [-0.2, -0.15) is 8.42 Å². The average Bonchev–Trinajstić information content (AvgIpc) is 1.92. The maximum Gasteiger partial charge on any atom is 0.294 e. The first-order valence-electron chi connectivity index (χ1n) is 2.84. The molecule has 0 bridgehead atoms. The summed E-state index contributed by atoms with van der Waals surface area (Å²) in [7, 11) is -4.09. The van der Waals surface area contributed by atoms with Crippen molar-refractivity contribution in [3.8, 4) is 0 Å². The van der Waals surface area contributed by atoms with E-state index in [-0.39, 0.29) is 32.2 Å². The molecule has 0 aliphatic rings. The van der Waals surface area contributed by atoms with Crippen molar-refractivity contribution in [2.45, 2.75) is 4.90 Å². The number of rotatable bonds is 1. The van der Waals surface area contributed by atoms with Gasteiger partial charge in [-0.05, 0) is 50.1 Å². The van der Waals surface area contributed by atoms with E-state index >= 15 is 0 Å². The number of benzene rings is 1. The van der Waals surface area contributed by atoms with Crippen molar-refractivity contribution in [1.29, 1.82) is 0 Å². The van der Waals surface area contributed by atoms with Gasteiger partial charge in [0.1, 0.15) is 0 Å². The fourth-order valence-electron chi connectivity index (χ4n) is 0.637. The molecule has 1 aromatic carbocycles. The van der Waals surface area contributed by atoms with Gasteiger partial charge in [0.05, 0.1) is 4.90 Å². The predicted octanol–water partition coefficient (Wildman–Crippen LogP) is 2.08. The van der Waals surface area contributed by atoms with Gasteiger partial charge in [0.25, 0.3) is 10.1 Å². The summed E-state index contributed by atoms with van der Waals surface area (Å²) in [5, 5.41) is 0. The summed E-state index contributed by atoms with van der Waals surface area (Å²) in [6, 6.07) is 4.16. The largest absolute Gasteiger partial charge is 0.294 e. The molecule has 1 aromatic rings. The molecule has 1 radical (unpaired) electrons. The Hall–Kier alpha value is 1.01. The quantitative estimate of drug-likeness (QED) is 0.456. The molecule has 0 spiro atoms. The maximum absolute atomic E-state index is 10.6. The molecule has 0 aliphatic heterocycles. The Labute approximate surface area is 113 Å². The second-order valence-electron chi connectivity index (χ2n) is 2.05. The van der Waals surface area contributed by atoms with Crippen molar-refractivity contribution in [3.05, 3.63) is 27.1 Å². The van der Waals surface area contributed by atoms with Crippen LogP contribution in [0, 0.1) is 0 Å². The van der Waals surface area contributed by atoms with Crippen LogP contribution in [-0.4, -0.2) is 40.3 Å². The summed E-state index contributed by atoms with van der Waals surface area (Å²) in [5.41, 5.74) is 0. The topological polar surface area (TPSA) is 54.4 Å². The van der Waals surface area contributed by atoms with E-state index in [9.17, 15) is 8.42 Å². The van der Waals surface area contributed by atoms with Crippen LogP contribution < -0.4 is 0 Å². The molecular formula is C6H4Br2O3STl. The van der Waals surface area contributed by atoms with Crippen molar-refractivity contribution >= 4 is 69.3 Å². The van der Waals surface area contributed by atoms with Gasteiger partial charge in [0.15, 0.2) is 0 Å². The van der Waals surface area contributed by atoms with Crippen LogP contribution in [0.15, 0.2) is 32.0 Å². The SMILES string of the molecule is O=S(=O)(O)c1ccc(Br)c(Br)c1.[Tl]. The zero-order valence-corrected chi connectivity index (χ0v) is 14.7. The van der Waals surface area contributed by atoms with Crippen LogP contribution in [0.4, 0.5) is 0 Å². The molecule has 0 atom stereocenters. The summed E-state index contributed by atoms with van der Waals surface area (Å²) in [6.45, 7) is 0. The summed E-state index contributed by atoms with van der Waals surface area (Å²) >= 11 is 6.29. The molecule has 0 heterocycles. The Bertz CT molecular complexity index is 404. The van der Waals surface area contributed by atoms with Crippen LogP contribution in [0.25, 0.3) is 0 Å². The molecule has 1 N–H and O–H groups in total. The molecule has 0 saturated carbocycles. The standard InChI is InChI=1S/C6H4Br2O3S.Tl/c7-5-2-1-4(3-6(5)8)12(9,10)11;/h1-3H,(H,9,10,11);. The average molecular weight is 520 g/mol. The Morgan fingerprint density at radius 1 is 1.15 bits per heavy atom. The summed E-state index contributed by atoms with van der Waals surface area (Å²) < 4.78 is 31.2. The molecule has 0 fully saturated rings. The van der Waals surface area contributed by atoms with E-state index in [1.807, 2.05) is 0 Å². The van der Waals surface area contributed by atoms with Crippen LogP contribution in [-0.2, 0) is 10.1 Å². The molecule has 3 nitrogen and oxygen atoms in total. The van der Waals surface area contributed by atoms with Crippen molar-refractivity contribution in [2.24, 2.45) is 0 Å². The predicted molar refractivity (Wildman–Crippen MR) is 57.4 cm³/mol. The van der Waals surface area contributed by atoms with Gasteiger partial charge in [0, 0.05) is 36.2 Å². The third kappa shape index (κ3) is 3.94. The van der Waals surface area contributed by atoms with E-state index in [4.69, 9.17) is 4.55 Å². The molecule has 0 aliphatic carbocycles. The summed E-state index contributed by atoms with van der Waals surface area (Å²) in [5.74, 6) is 0. The maximum atomic E-state index is 10.6. The van der Waals surface area contributed by atoms with Gasteiger partial charge < -0.3 is 0 Å². The Morgan fingerprint density at radius 3 is 2.08 bits per heavy atom. The van der Waals surface area contributed by atoms with Crippen LogP contribution in [0.5, 0.6) is 0 Å². The van der Waals surface area contributed by atoms with Crippen LogP contribution >= 0.6 is 31.9 Å². The molecule has 69 valence electrons. The van der Waals surface area contributed by atoms with E-state index in [0.29, 0.717) is 4.47 Å². The van der Waals surface area contributed by atoms with E-state index in [1.165, 1.54) is 18.2 Å². The monoisotopic (exact) mass is 519 g/mol. The van der Waals surface area contributed by atoms with Crippen LogP contribution in [0.3, 0.4) is 0 Å². The molecule has 0 unspecified atom stereocenters. The second kappa shape index (κ2) is 5.19. The van der Waals surface area contributed by atoms with Gasteiger partial charge in [-0.15, -0.1) is 0 Å². The van der Waals surface area contributed by atoms with Crippen molar-refractivity contribution in [3.63, 3.8) is 0 Å². The van der Waals surface area contributed by atoms with Gasteiger partial charge in [0.2, 0.25) is 0 Å². The Morgan fingerprint density at radius 2 is 1.69 bits per heavy atom. The van der Waals surface area contributed by atoms with Gasteiger partial charge in [-0.25, -0.2) is 0 Å². The van der Waals surface area contributed by atoms with E-state index in [2.05, 4.69) is 31.9 Å². The first kappa shape index (κ1) is 14.0. The second-order valence-corrected chi connectivity index (χ2v) is 5.18. The zero-order chi connectivity index (χ0) is 9.35. The smallest absolute Gasteiger partial charge is 0.282 e. The minimum absolute atomic E-state index is 0. The minimum Gasteiger partial charge on any atom is -0.282 e. The van der Waals surface area contributed by atoms with Crippen molar-refractivity contribution in [1.82, 2.24) is 0 Å². The van der Waals surface area contributed by atoms with Crippen molar-refractivity contribution in [2.75, 3.05) is 0 Å². The molecule has 0 amide bonds. The van der Waals surface area contributed by atoms with Gasteiger partial charge in [-0.3, -0.25) is 4.55 Å². The van der Waals surface area contributed by atoms with Gasteiger partial charge >= 0.3 is 0 Å². The summed E-state index contributed by atoms with van der Waals surface area (Å²) in [6.07, 6.45) is 0. The van der Waals surface area contributed by atoms with E-state index in [0.717, 1.165) is 4.47 Å². The van der Waals surface area contributed by atoms with Crippen LogP contribution in [0.2, 0.25) is 0 Å². The zero-order valence-electron chi connectivity index (χ0n) is 6.24. The molecule has 0 saturated heterocycles. The fraction of sp³-hybridized carbons (Fsp3) is 0. The van der Waals surface area contributed by atoms with Crippen LogP contribution in [0.1, 0.15) is 0 Å². The van der Waals surface area contributed by atoms with E-state index in [1.54, 1.807) is 0 Å². The van der Waals surface area contributed by atoms with Gasteiger partial charge in [-0.1, -0.05) is 0 Å². The first-order chi connectivity index (χ1) is 5.41. The number of halogens is 2. The summed E-state index contributed by atoms with van der Waals surface area (Å²) in [4.78, 5) is -0.127. The number of hydrogen-bond donors (Lipinski definition) is 1. The minimum atomic E-state index is -4.09. The molecule has 13 heavy (non-hydrogen) atoms. The molecule has 1 rings (SSSR count). The number of hydrogen-bond acceptors (Lipinski definition) is 2. The molecular weight excluding hydrogens is 516 g/mol. The third-order valence-electron chi connectivity index (χ3n) is 1.19. The molecule has 7 heteroatoms. The molecule has 0 aromatic heterocycles.